The summed E-state index contributed by atoms with van der Waals surface area (Å²) >= 11 is 13.8. The standard InChI is InChI=1S/C15H16Cl2FNS/c1-3-6-19-15(13-4-5-14(17)20-13)10-7-9(2)12(18)8-11(10)16/h4-5,7-8,15,19H,3,6H2,1-2H3. The third kappa shape index (κ3) is 3.53. The third-order valence-electron chi connectivity index (χ3n) is 3.07. The van der Waals surface area contributed by atoms with Gasteiger partial charge in [-0.3, -0.25) is 0 Å². The summed E-state index contributed by atoms with van der Waals surface area (Å²) < 4.78 is 14.3. The summed E-state index contributed by atoms with van der Waals surface area (Å²) in [6.45, 7) is 4.70. The van der Waals surface area contributed by atoms with Crippen LogP contribution in [0.3, 0.4) is 0 Å². The van der Waals surface area contributed by atoms with Gasteiger partial charge in [-0.2, -0.15) is 0 Å². The minimum atomic E-state index is -0.280. The zero-order valence-corrected chi connectivity index (χ0v) is 13.7. The van der Waals surface area contributed by atoms with Crippen LogP contribution < -0.4 is 5.32 Å². The van der Waals surface area contributed by atoms with E-state index in [2.05, 4.69) is 12.2 Å². The zero-order chi connectivity index (χ0) is 14.7. The molecule has 1 aromatic heterocycles. The SMILES string of the molecule is CCCNC(c1ccc(Cl)s1)c1cc(C)c(F)cc1Cl. The van der Waals surface area contributed by atoms with Crippen molar-refractivity contribution in [3.05, 3.63) is 55.4 Å². The van der Waals surface area contributed by atoms with E-state index in [0.29, 0.717) is 10.6 Å². The Bertz CT molecular complexity index is 598. The zero-order valence-electron chi connectivity index (χ0n) is 11.3. The Morgan fingerprint density at radius 1 is 1.30 bits per heavy atom. The molecule has 0 saturated carbocycles. The van der Waals surface area contributed by atoms with Crippen molar-refractivity contribution < 1.29 is 4.39 Å². The summed E-state index contributed by atoms with van der Waals surface area (Å²) in [5.74, 6) is -0.280. The second kappa shape index (κ2) is 6.90. The molecule has 1 atom stereocenters. The average Bonchev–Trinajstić information content (AvgIpc) is 2.82. The Balaban J connectivity index is 2.43. The van der Waals surface area contributed by atoms with Crippen molar-refractivity contribution in [3.63, 3.8) is 0 Å². The molecule has 1 aromatic carbocycles. The lowest BCUT2D eigenvalue weighted by Gasteiger charge is -2.19. The highest BCUT2D eigenvalue weighted by atomic mass is 35.5. The van der Waals surface area contributed by atoms with Crippen molar-refractivity contribution in [2.45, 2.75) is 26.3 Å². The molecule has 0 saturated heterocycles. The normalized spacial score (nSPS) is 12.7. The predicted molar refractivity (Wildman–Crippen MR) is 85.6 cm³/mol. The summed E-state index contributed by atoms with van der Waals surface area (Å²) in [5.41, 5.74) is 1.48. The van der Waals surface area contributed by atoms with Gasteiger partial charge in [0.05, 0.1) is 10.4 Å². The molecule has 0 aliphatic carbocycles. The Morgan fingerprint density at radius 3 is 2.65 bits per heavy atom. The first-order valence-corrected chi connectivity index (χ1v) is 8.04. The van der Waals surface area contributed by atoms with Gasteiger partial charge in [-0.15, -0.1) is 11.3 Å². The van der Waals surface area contributed by atoms with Crippen LogP contribution in [-0.2, 0) is 0 Å². The van der Waals surface area contributed by atoms with Gasteiger partial charge >= 0.3 is 0 Å². The molecule has 20 heavy (non-hydrogen) atoms. The molecular formula is C15H16Cl2FNS. The van der Waals surface area contributed by atoms with E-state index in [4.69, 9.17) is 23.2 Å². The molecule has 0 radical (unpaired) electrons. The van der Waals surface area contributed by atoms with Crippen LogP contribution in [0.2, 0.25) is 9.36 Å². The maximum atomic E-state index is 13.6. The van der Waals surface area contributed by atoms with Crippen LogP contribution in [0.25, 0.3) is 0 Å². The van der Waals surface area contributed by atoms with Crippen molar-refractivity contribution >= 4 is 34.5 Å². The average molecular weight is 332 g/mol. The van der Waals surface area contributed by atoms with Crippen LogP contribution in [0.4, 0.5) is 4.39 Å². The van der Waals surface area contributed by atoms with E-state index in [9.17, 15) is 4.39 Å². The first kappa shape index (κ1) is 15.8. The number of aryl methyl sites for hydroxylation is 1. The summed E-state index contributed by atoms with van der Waals surface area (Å²) in [4.78, 5) is 1.08. The van der Waals surface area contributed by atoms with Gasteiger partial charge in [-0.1, -0.05) is 30.1 Å². The van der Waals surface area contributed by atoms with E-state index < -0.39 is 0 Å². The van der Waals surface area contributed by atoms with Crippen LogP contribution in [0.15, 0.2) is 24.3 Å². The smallest absolute Gasteiger partial charge is 0.127 e. The maximum absolute atomic E-state index is 13.6. The Morgan fingerprint density at radius 2 is 2.05 bits per heavy atom. The fourth-order valence-corrected chi connectivity index (χ4v) is 3.45. The first-order chi connectivity index (χ1) is 9.52. The number of thiophene rings is 1. The number of hydrogen-bond acceptors (Lipinski definition) is 2. The molecule has 1 heterocycles. The number of hydrogen-bond donors (Lipinski definition) is 1. The lowest BCUT2D eigenvalue weighted by molar-refractivity contribution is 0.595. The van der Waals surface area contributed by atoms with Gasteiger partial charge in [0.25, 0.3) is 0 Å². The van der Waals surface area contributed by atoms with Gasteiger partial charge in [0, 0.05) is 9.90 Å². The first-order valence-electron chi connectivity index (χ1n) is 6.47. The Hall–Kier alpha value is -0.610. The molecule has 1 nitrogen and oxygen atoms in total. The summed E-state index contributed by atoms with van der Waals surface area (Å²) in [6.07, 6.45) is 1.01. The molecule has 0 bridgehead atoms. The Labute approximate surface area is 132 Å². The third-order valence-corrected chi connectivity index (χ3v) is 4.69. The minimum Gasteiger partial charge on any atom is -0.306 e. The molecule has 2 aromatic rings. The van der Waals surface area contributed by atoms with Gasteiger partial charge in [0.1, 0.15) is 5.82 Å². The number of benzene rings is 1. The molecule has 2 rings (SSSR count). The van der Waals surface area contributed by atoms with Crippen LogP contribution in [0.1, 0.15) is 35.4 Å². The van der Waals surface area contributed by atoms with Gasteiger partial charge in [-0.25, -0.2) is 4.39 Å². The monoisotopic (exact) mass is 331 g/mol. The number of rotatable bonds is 5. The molecule has 1 unspecified atom stereocenters. The highest BCUT2D eigenvalue weighted by Crippen LogP contribution is 2.35. The lowest BCUT2D eigenvalue weighted by atomic mass is 10.0. The van der Waals surface area contributed by atoms with Crippen LogP contribution >= 0.6 is 34.5 Å². The Kier molecular flexibility index (Phi) is 5.44. The predicted octanol–water partition coefficient (Wildman–Crippen LogP) is 5.59. The molecule has 0 aliphatic heterocycles. The van der Waals surface area contributed by atoms with E-state index >= 15 is 0 Å². The lowest BCUT2D eigenvalue weighted by Crippen LogP contribution is -2.23. The molecule has 0 spiro atoms. The minimum absolute atomic E-state index is 0.0563. The second-order valence-corrected chi connectivity index (χ2v) is 6.81. The van der Waals surface area contributed by atoms with Crippen molar-refractivity contribution in [1.29, 1.82) is 0 Å². The molecule has 0 aliphatic rings. The quantitative estimate of drug-likeness (QED) is 0.752. The van der Waals surface area contributed by atoms with Gasteiger partial charge in [0.2, 0.25) is 0 Å². The van der Waals surface area contributed by atoms with E-state index in [-0.39, 0.29) is 11.9 Å². The molecule has 108 valence electrons. The highest BCUT2D eigenvalue weighted by Gasteiger charge is 2.19. The van der Waals surface area contributed by atoms with E-state index in [0.717, 1.165) is 27.7 Å². The molecular weight excluding hydrogens is 316 g/mol. The van der Waals surface area contributed by atoms with Crippen molar-refractivity contribution in [1.82, 2.24) is 5.32 Å². The highest BCUT2D eigenvalue weighted by molar-refractivity contribution is 7.16. The van der Waals surface area contributed by atoms with E-state index in [1.54, 1.807) is 13.0 Å². The molecule has 5 heteroatoms. The fraction of sp³-hybridized carbons (Fsp3) is 0.333. The van der Waals surface area contributed by atoms with Crippen LogP contribution in [0.5, 0.6) is 0 Å². The topological polar surface area (TPSA) is 12.0 Å². The summed E-state index contributed by atoms with van der Waals surface area (Å²) in [6, 6.07) is 6.97. The molecule has 0 fully saturated rings. The van der Waals surface area contributed by atoms with Crippen LogP contribution in [0, 0.1) is 12.7 Å². The van der Waals surface area contributed by atoms with Crippen molar-refractivity contribution in [2.75, 3.05) is 6.54 Å². The van der Waals surface area contributed by atoms with Gasteiger partial charge in [-0.05, 0) is 55.3 Å². The van der Waals surface area contributed by atoms with Crippen LogP contribution in [-0.4, -0.2) is 6.54 Å². The van der Waals surface area contributed by atoms with Gasteiger partial charge in [0.15, 0.2) is 0 Å². The van der Waals surface area contributed by atoms with E-state index in [1.165, 1.54) is 17.4 Å². The van der Waals surface area contributed by atoms with Crippen molar-refractivity contribution in [2.24, 2.45) is 0 Å². The molecule has 0 amide bonds. The largest absolute Gasteiger partial charge is 0.306 e. The fourth-order valence-electron chi connectivity index (χ4n) is 2.04. The maximum Gasteiger partial charge on any atom is 0.127 e. The van der Waals surface area contributed by atoms with Gasteiger partial charge < -0.3 is 5.32 Å². The number of halogens is 3. The summed E-state index contributed by atoms with van der Waals surface area (Å²) in [7, 11) is 0. The molecule has 1 N–H and O–H groups in total. The number of nitrogens with one attached hydrogen (secondary N) is 1. The van der Waals surface area contributed by atoms with E-state index in [1.807, 2.05) is 12.1 Å². The second-order valence-electron chi connectivity index (χ2n) is 4.65. The summed E-state index contributed by atoms with van der Waals surface area (Å²) in [5, 5.41) is 3.88. The van der Waals surface area contributed by atoms with Crippen molar-refractivity contribution in [3.8, 4) is 0 Å².